The third-order valence-electron chi connectivity index (χ3n) is 3.41. The summed E-state index contributed by atoms with van der Waals surface area (Å²) in [5.74, 6) is 0.269. The topological polar surface area (TPSA) is 93.2 Å². The lowest BCUT2D eigenvalue weighted by molar-refractivity contribution is -0.113. The van der Waals surface area contributed by atoms with Crippen LogP contribution < -0.4 is 15.4 Å². The van der Waals surface area contributed by atoms with Gasteiger partial charge >= 0.3 is 0 Å². The van der Waals surface area contributed by atoms with Gasteiger partial charge in [0.05, 0.1) is 12.9 Å². The predicted octanol–water partition coefficient (Wildman–Crippen LogP) is 4.18. The van der Waals surface area contributed by atoms with E-state index in [2.05, 4.69) is 20.8 Å². The van der Waals surface area contributed by atoms with Gasteiger partial charge in [-0.25, -0.2) is 0 Å². The van der Waals surface area contributed by atoms with Crippen LogP contribution >= 0.6 is 34.7 Å². The standard InChI is InChI=1S/C18H15ClN4O3S2/c1-26-14-4-2-3-11(9-14)16(25)21-17-22-23-18(28-17)27-10-15(24)20-13-7-5-12(19)6-8-13/h2-9H,10H2,1H3,(H,20,24)(H,21,22,25). The molecular weight excluding hydrogens is 420 g/mol. The number of halogens is 1. The van der Waals surface area contributed by atoms with E-state index in [-0.39, 0.29) is 17.6 Å². The van der Waals surface area contributed by atoms with Crippen LogP contribution in [-0.4, -0.2) is 34.9 Å². The second-order valence-electron chi connectivity index (χ2n) is 5.40. The summed E-state index contributed by atoms with van der Waals surface area (Å²) in [7, 11) is 1.54. The zero-order valence-electron chi connectivity index (χ0n) is 14.6. The van der Waals surface area contributed by atoms with Crippen molar-refractivity contribution in [1.82, 2.24) is 10.2 Å². The van der Waals surface area contributed by atoms with Crippen molar-refractivity contribution in [2.75, 3.05) is 23.5 Å². The van der Waals surface area contributed by atoms with Crippen LogP contribution in [0.5, 0.6) is 5.75 Å². The van der Waals surface area contributed by atoms with Gasteiger partial charge in [-0.05, 0) is 42.5 Å². The Morgan fingerprint density at radius 1 is 1.14 bits per heavy atom. The minimum absolute atomic E-state index is 0.168. The Morgan fingerprint density at radius 3 is 2.68 bits per heavy atom. The molecule has 0 atom stereocenters. The van der Waals surface area contributed by atoms with Crippen LogP contribution in [0.25, 0.3) is 0 Å². The molecule has 0 bridgehead atoms. The number of carbonyl (C=O) groups is 2. The van der Waals surface area contributed by atoms with E-state index in [1.807, 2.05) is 0 Å². The van der Waals surface area contributed by atoms with Crippen LogP contribution in [0.2, 0.25) is 5.02 Å². The molecule has 28 heavy (non-hydrogen) atoms. The SMILES string of the molecule is COc1cccc(C(=O)Nc2nnc(SCC(=O)Nc3ccc(Cl)cc3)s2)c1. The first kappa shape index (κ1) is 20.1. The zero-order valence-corrected chi connectivity index (χ0v) is 17.0. The summed E-state index contributed by atoms with van der Waals surface area (Å²) in [4.78, 5) is 24.3. The van der Waals surface area contributed by atoms with Gasteiger partial charge in [0.15, 0.2) is 4.34 Å². The van der Waals surface area contributed by atoms with Crippen molar-refractivity contribution in [2.45, 2.75) is 4.34 Å². The minimum atomic E-state index is -0.313. The smallest absolute Gasteiger partial charge is 0.257 e. The molecule has 0 radical (unpaired) electrons. The number of hydrogen-bond acceptors (Lipinski definition) is 7. The molecule has 0 unspecified atom stereocenters. The number of anilines is 2. The van der Waals surface area contributed by atoms with Gasteiger partial charge in [-0.1, -0.05) is 40.8 Å². The molecule has 3 rings (SSSR count). The number of nitrogens with one attached hydrogen (secondary N) is 2. The fourth-order valence-electron chi connectivity index (χ4n) is 2.11. The molecule has 2 amide bonds. The summed E-state index contributed by atoms with van der Waals surface area (Å²) in [5.41, 5.74) is 1.12. The molecule has 0 saturated heterocycles. The number of carbonyl (C=O) groups excluding carboxylic acids is 2. The molecule has 0 aliphatic heterocycles. The number of ether oxygens (including phenoxy) is 1. The Labute approximate surface area is 174 Å². The highest BCUT2D eigenvalue weighted by Gasteiger charge is 2.12. The molecule has 0 saturated carbocycles. The number of amides is 2. The van der Waals surface area contributed by atoms with E-state index in [0.29, 0.717) is 31.5 Å². The number of rotatable bonds is 7. The largest absolute Gasteiger partial charge is 0.497 e. The molecule has 2 aromatic carbocycles. The number of thioether (sulfide) groups is 1. The maximum Gasteiger partial charge on any atom is 0.257 e. The quantitative estimate of drug-likeness (QED) is 0.428. The van der Waals surface area contributed by atoms with E-state index < -0.39 is 0 Å². The Kier molecular flexibility index (Phi) is 6.85. The van der Waals surface area contributed by atoms with Gasteiger partial charge in [0.1, 0.15) is 5.75 Å². The molecule has 1 heterocycles. The van der Waals surface area contributed by atoms with Gasteiger partial charge in [0.25, 0.3) is 5.91 Å². The van der Waals surface area contributed by atoms with Crippen molar-refractivity contribution in [3.05, 3.63) is 59.1 Å². The minimum Gasteiger partial charge on any atom is -0.497 e. The molecule has 0 aliphatic carbocycles. The third kappa shape index (κ3) is 5.69. The van der Waals surface area contributed by atoms with Crippen molar-refractivity contribution in [3.8, 4) is 5.75 Å². The maximum atomic E-state index is 12.3. The molecule has 2 N–H and O–H groups in total. The van der Waals surface area contributed by atoms with Crippen molar-refractivity contribution < 1.29 is 14.3 Å². The second kappa shape index (κ2) is 9.54. The van der Waals surface area contributed by atoms with Crippen LogP contribution in [0.4, 0.5) is 10.8 Å². The van der Waals surface area contributed by atoms with Crippen LogP contribution in [0.15, 0.2) is 52.9 Å². The molecule has 0 fully saturated rings. The number of methoxy groups -OCH3 is 1. The van der Waals surface area contributed by atoms with Crippen LogP contribution in [0, 0.1) is 0 Å². The highest BCUT2D eigenvalue weighted by molar-refractivity contribution is 8.01. The molecule has 0 aliphatic rings. The first-order valence-corrected chi connectivity index (χ1v) is 10.2. The van der Waals surface area contributed by atoms with Gasteiger partial charge in [-0.15, -0.1) is 10.2 Å². The van der Waals surface area contributed by atoms with E-state index in [9.17, 15) is 9.59 Å². The fourth-order valence-corrected chi connectivity index (χ4v) is 3.78. The highest BCUT2D eigenvalue weighted by Crippen LogP contribution is 2.26. The predicted molar refractivity (Wildman–Crippen MR) is 112 cm³/mol. The van der Waals surface area contributed by atoms with Crippen LogP contribution in [0.3, 0.4) is 0 Å². The summed E-state index contributed by atoms with van der Waals surface area (Å²) >= 11 is 8.25. The van der Waals surface area contributed by atoms with E-state index in [0.717, 1.165) is 0 Å². The van der Waals surface area contributed by atoms with Gasteiger partial charge in [0.2, 0.25) is 11.0 Å². The van der Waals surface area contributed by atoms with Gasteiger partial charge in [-0.3, -0.25) is 14.9 Å². The van der Waals surface area contributed by atoms with Gasteiger partial charge in [0, 0.05) is 16.3 Å². The van der Waals surface area contributed by atoms with Crippen molar-refractivity contribution in [2.24, 2.45) is 0 Å². The van der Waals surface area contributed by atoms with E-state index in [1.165, 1.54) is 30.2 Å². The summed E-state index contributed by atoms with van der Waals surface area (Å²) in [6, 6.07) is 13.6. The summed E-state index contributed by atoms with van der Waals surface area (Å²) in [6.45, 7) is 0. The number of nitrogens with zero attached hydrogens (tertiary/aromatic N) is 2. The third-order valence-corrected chi connectivity index (χ3v) is 5.64. The maximum absolute atomic E-state index is 12.3. The lowest BCUT2D eigenvalue weighted by atomic mass is 10.2. The highest BCUT2D eigenvalue weighted by atomic mass is 35.5. The average molecular weight is 435 g/mol. The molecule has 7 nitrogen and oxygen atoms in total. The number of hydrogen-bond donors (Lipinski definition) is 2. The summed E-state index contributed by atoms with van der Waals surface area (Å²) in [6.07, 6.45) is 0. The Balaban J connectivity index is 1.51. The molecule has 0 spiro atoms. The summed E-state index contributed by atoms with van der Waals surface area (Å²) in [5, 5.41) is 14.3. The number of aromatic nitrogens is 2. The molecule has 3 aromatic rings. The van der Waals surface area contributed by atoms with E-state index >= 15 is 0 Å². The van der Waals surface area contributed by atoms with Crippen molar-refractivity contribution in [1.29, 1.82) is 0 Å². The lowest BCUT2D eigenvalue weighted by Crippen LogP contribution is -2.13. The molecule has 144 valence electrons. The Morgan fingerprint density at radius 2 is 1.93 bits per heavy atom. The van der Waals surface area contributed by atoms with Crippen LogP contribution in [0.1, 0.15) is 10.4 Å². The summed E-state index contributed by atoms with van der Waals surface area (Å²) < 4.78 is 5.69. The Hall–Kier alpha value is -2.62. The molecular formula is C18H15ClN4O3S2. The van der Waals surface area contributed by atoms with Gasteiger partial charge < -0.3 is 10.1 Å². The molecule has 10 heteroatoms. The first-order valence-electron chi connectivity index (χ1n) is 8.00. The van der Waals surface area contributed by atoms with Crippen molar-refractivity contribution in [3.63, 3.8) is 0 Å². The van der Waals surface area contributed by atoms with E-state index in [1.54, 1.807) is 48.5 Å². The fraction of sp³-hybridized carbons (Fsp3) is 0.111. The average Bonchev–Trinajstić information content (AvgIpc) is 3.15. The normalized spacial score (nSPS) is 10.4. The zero-order chi connectivity index (χ0) is 19.9. The lowest BCUT2D eigenvalue weighted by Gasteiger charge is -2.04. The first-order chi connectivity index (χ1) is 13.5. The van der Waals surface area contributed by atoms with Crippen molar-refractivity contribution >= 4 is 57.3 Å². The van der Waals surface area contributed by atoms with Gasteiger partial charge in [-0.2, -0.15) is 0 Å². The number of benzene rings is 2. The van der Waals surface area contributed by atoms with E-state index in [4.69, 9.17) is 16.3 Å². The second-order valence-corrected chi connectivity index (χ2v) is 8.04. The monoisotopic (exact) mass is 434 g/mol. The van der Waals surface area contributed by atoms with Crippen LogP contribution in [-0.2, 0) is 4.79 Å². The Bertz CT molecular complexity index is 979. The molecule has 1 aromatic heterocycles.